The van der Waals surface area contributed by atoms with Crippen molar-refractivity contribution < 1.29 is 4.79 Å². The minimum absolute atomic E-state index is 0. The normalized spacial score (nSPS) is 16.0. The molecule has 0 aliphatic carbocycles. The third-order valence-electron chi connectivity index (χ3n) is 4.31. The lowest BCUT2D eigenvalue weighted by Crippen LogP contribution is -2.31. The van der Waals surface area contributed by atoms with Crippen molar-refractivity contribution in [3.63, 3.8) is 0 Å². The van der Waals surface area contributed by atoms with Gasteiger partial charge in [0, 0.05) is 42.3 Å². The highest BCUT2D eigenvalue weighted by Crippen LogP contribution is 2.29. The molecule has 1 aliphatic rings. The van der Waals surface area contributed by atoms with Crippen LogP contribution in [0.4, 0.5) is 5.69 Å². The number of nitrogens with zero attached hydrogens (tertiary/aromatic N) is 2. The number of hydrogen-bond donors (Lipinski definition) is 2. The molecule has 5 nitrogen and oxygen atoms in total. The summed E-state index contributed by atoms with van der Waals surface area (Å²) in [6.45, 7) is 5.03. The molecule has 0 saturated carbocycles. The fourth-order valence-electron chi connectivity index (χ4n) is 2.98. The molecule has 1 unspecified atom stereocenters. The Balaban J connectivity index is 0.00000169. The molecule has 1 aliphatic heterocycles. The van der Waals surface area contributed by atoms with E-state index in [9.17, 15) is 4.79 Å². The van der Waals surface area contributed by atoms with Crippen LogP contribution in [0.5, 0.6) is 0 Å². The Labute approximate surface area is 175 Å². The highest BCUT2D eigenvalue weighted by Gasteiger charge is 2.24. The average molecular weight is 438 g/mol. The number of anilines is 1. The van der Waals surface area contributed by atoms with Crippen molar-refractivity contribution in [2.75, 3.05) is 24.5 Å². The molecule has 0 spiro atoms. The van der Waals surface area contributed by atoms with Crippen LogP contribution >= 0.6 is 47.8 Å². The summed E-state index contributed by atoms with van der Waals surface area (Å²) in [5.74, 6) is 0.309. The van der Waals surface area contributed by atoms with Gasteiger partial charge in [0.2, 0.25) is 0 Å². The topological polar surface area (TPSA) is 71.2 Å². The van der Waals surface area contributed by atoms with Gasteiger partial charge in [-0.15, -0.1) is 36.2 Å². The number of aromatic nitrogens is 1. The van der Waals surface area contributed by atoms with E-state index in [4.69, 9.17) is 17.3 Å². The Kier molecular flexibility index (Phi) is 9.13. The van der Waals surface area contributed by atoms with Gasteiger partial charge >= 0.3 is 0 Å². The standard InChI is InChI=1S/C17H21ClN4OS.2ClH/c1-11-2-3-13(18)6-15(11)22-5-4-12(9-22)8-20-17(23)14-10-24-16(7-19)21-14;;/h2-3,6,10,12H,4-5,7-9,19H2,1H3,(H,20,23);2*1H. The van der Waals surface area contributed by atoms with Crippen molar-refractivity contribution in [2.45, 2.75) is 19.9 Å². The monoisotopic (exact) mass is 436 g/mol. The molecule has 26 heavy (non-hydrogen) atoms. The van der Waals surface area contributed by atoms with Crippen LogP contribution in [0, 0.1) is 12.8 Å². The molecule has 2 aromatic rings. The number of nitrogens with two attached hydrogens (primary N) is 1. The SMILES string of the molecule is Cc1ccc(Cl)cc1N1CCC(CNC(=O)c2csc(CN)n2)C1.Cl.Cl. The number of carbonyl (C=O) groups is 1. The lowest BCUT2D eigenvalue weighted by molar-refractivity contribution is 0.0944. The van der Waals surface area contributed by atoms with E-state index in [0.29, 0.717) is 24.7 Å². The first-order valence-corrected chi connectivity index (χ1v) is 9.26. The third kappa shape index (κ3) is 5.47. The second-order valence-electron chi connectivity index (χ2n) is 6.07. The second kappa shape index (κ2) is 10.3. The van der Waals surface area contributed by atoms with E-state index in [2.05, 4.69) is 22.1 Å². The van der Waals surface area contributed by atoms with Crippen molar-refractivity contribution in [3.05, 3.63) is 44.9 Å². The molecular formula is C17H23Cl3N4OS. The average Bonchev–Trinajstić information content (AvgIpc) is 3.24. The Morgan fingerprint density at radius 2 is 2.23 bits per heavy atom. The van der Waals surface area contributed by atoms with E-state index >= 15 is 0 Å². The summed E-state index contributed by atoms with van der Waals surface area (Å²) in [4.78, 5) is 18.7. The van der Waals surface area contributed by atoms with E-state index in [-0.39, 0.29) is 30.7 Å². The Morgan fingerprint density at radius 3 is 2.92 bits per heavy atom. The number of benzene rings is 1. The van der Waals surface area contributed by atoms with Crippen LogP contribution in [0.2, 0.25) is 5.02 Å². The van der Waals surface area contributed by atoms with Gasteiger partial charge in [0.1, 0.15) is 10.7 Å². The zero-order valence-corrected chi connectivity index (χ0v) is 17.6. The molecule has 1 atom stereocenters. The highest BCUT2D eigenvalue weighted by molar-refractivity contribution is 7.09. The summed E-state index contributed by atoms with van der Waals surface area (Å²) in [6.07, 6.45) is 1.05. The largest absolute Gasteiger partial charge is 0.371 e. The number of thiazole rings is 1. The van der Waals surface area contributed by atoms with Crippen LogP contribution < -0.4 is 16.0 Å². The zero-order chi connectivity index (χ0) is 17.1. The van der Waals surface area contributed by atoms with Gasteiger partial charge in [-0.2, -0.15) is 0 Å². The van der Waals surface area contributed by atoms with Crippen molar-refractivity contribution in [1.82, 2.24) is 10.3 Å². The van der Waals surface area contributed by atoms with Crippen LogP contribution in [-0.4, -0.2) is 30.5 Å². The van der Waals surface area contributed by atoms with E-state index in [1.165, 1.54) is 22.6 Å². The summed E-state index contributed by atoms with van der Waals surface area (Å²) < 4.78 is 0. The number of hydrogen-bond acceptors (Lipinski definition) is 5. The molecule has 2 heterocycles. The zero-order valence-electron chi connectivity index (χ0n) is 14.4. The molecule has 1 aromatic carbocycles. The van der Waals surface area contributed by atoms with Crippen molar-refractivity contribution in [2.24, 2.45) is 11.7 Å². The minimum Gasteiger partial charge on any atom is -0.371 e. The molecule has 144 valence electrons. The van der Waals surface area contributed by atoms with Crippen LogP contribution in [0.25, 0.3) is 0 Å². The van der Waals surface area contributed by atoms with Gasteiger partial charge in [-0.05, 0) is 37.0 Å². The molecule has 0 bridgehead atoms. The van der Waals surface area contributed by atoms with E-state index in [0.717, 1.165) is 29.5 Å². The molecule has 0 radical (unpaired) electrons. The highest BCUT2D eigenvalue weighted by atomic mass is 35.5. The lowest BCUT2D eigenvalue weighted by atomic mass is 10.1. The van der Waals surface area contributed by atoms with E-state index < -0.39 is 0 Å². The summed E-state index contributed by atoms with van der Waals surface area (Å²) in [7, 11) is 0. The van der Waals surface area contributed by atoms with Crippen LogP contribution in [0.15, 0.2) is 23.6 Å². The number of amides is 1. The van der Waals surface area contributed by atoms with Gasteiger partial charge in [-0.25, -0.2) is 4.98 Å². The van der Waals surface area contributed by atoms with Crippen molar-refractivity contribution in [3.8, 4) is 0 Å². The second-order valence-corrected chi connectivity index (χ2v) is 7.45. The summed E-state index contributed by atoms with van der Waals surface area (Å²) >= 11 is 7.54. The number of nitrogens with one attached hydrogen (secondary N) is 1. The first-order chi connectivity index (χ1) is 11.6. The maximum Gasteiger partial charge on any atom is 0.270 e. The van der Waals surface area contributed by atoms with Crippen molar-refractivity contribution >= 4 is 59.3 Å². The fourth-order valence-corrected chi connectivity index (χ4v) is 3.80. The molecule has 3 N–H and O–H groups in total. The Morgan fingerprint density at radius 1 is 1.46 bits per heavy atom. The number of aryl methyl sites for hydroxylation is 1. The Bertz CT molecular complexity index is 741. The smallest absolute Gasteiger partial charge is 0.270 e. The van der Waals surface area contributed by atoms with Gasteiger partial charge < -0.3 is 16.0 Å². The van der Waals surface area contributed by atoms with Crippen LogP contribution in [0.1, 0.15) is 27.5 Å². The number of carbonyl (C=O) groups excluding carboxylic acids is 1. The quantitative estimate of drug-likeness (QED) is 0.749. The minimum atomic E-state index is -0.122. The number of halogens is 3. The third-order valence-corrected chi connectivity index (χ3v) is 5.41. The predicted molar refractivity (Wildman–Crippen MR) is 113 cm³/mol. The van der Waals surface area contributed by atoms with Gasteiger partial charge in [0.05, 0.1) is 0 Å². The Hall–Kier alpha value is -1.05. The van der Waals surface area contributed by atoms with Gasteiger partial charge in [0.15, 0.2) is 0 Å². The van der Waals surface area contributed by atoms with Crippen LogP contribution in [0.3, 0.4) is 0 Å². The molecule has 1 saturated heterocycles. The molecule has 1 amide bonds. The molecule has 1 fully saturated rings. The summed E-state index contributed by atoms with van der Waals surface area (Å²) in [5.41, 5.74) is 8.40. The molecule has 3 rings (SSSR count). The predicted octanol–water partition coefficient (Wildman–Crippen LogP) is 3.66. The first-order valence-electron chi connectivity index (χ1n) is 8.00. The van der Waals surface area contributed by atoms with E-state index in [1.54, 1.807) is 5.38 Å². The number of rotatable bonds is 5. The molecule has 9 heteroatoms. The van der Waals surface area contributed by atoms with Crippen molar-refractivity contribution in [1.29, 1.82) is 0 Å². The summed E-state index contributed by atoms with van der Waals surface area (Å²) in [5, 5.41) is 6.28. The van der Waals surface area contributed by atoms with Gasteiger partial charge in [0.25, 0.3) is 5.91 Å². The maximum atomic E-state index is 12.1. The summed E-state index contributed by atoms with van der Waals surface area (Å²) in [6, 6.07) is 5.98. The lowest BCUT2D eigenvalue weighted by Gasteiger charge is -2.21. The fraction of sp³-hybridized carbons (Fsp3) is 0.412. The molecular weight excluding hydrogens is 415 g/mol. The maximum absolute atomic E-state index is 12.1. The first kappa shape index (κ1) is 23.0. The van der Waals surface area contributed by atoms with E-state index in [1.807, 2.05) is 18.2 Å². The van der Waals surface area contributed by atoms with Gasteiger partial charge in [-0.1, -0.05) is 17.7 Å². The van der Waals surface area contributed by atoms with Crippen LogP contribution in [-0.2, 0) is 6.54 Å². The molecule has 1 aromatic heterocycles. The van der Waals surface area contributed by atoms with Gasteiger partial charge in [-0.3, -0.25) is 4.79 Å².